The molecule has 5 nitrogen and oxygen atoms in total. The van der Waals surface area contributed by atoms with Crippen LogP contribution in [0.15, 0.2) is 35.4 Å². The molecule has 0 spiro atoms. The van der Waals surface area contributed by atoms with Gasteiger partial charge in [-0.05, 0) is 43.2 Å². The summed E-state index contributed by atoms with van der Waals surface area (Å²) >= 11 is 7.93. The van der Waals surface area contributed by atoms with E-state index in [1.54, 1.807) is 13.1 Å². The van der Waals surface area contributed by atoms with Gasteiger partial charge in [-0.3, -0.25) is 4.79 Å². The van der Waals surface area contributed by atoms with Crippen LogP contribution in [0.5, 0.6) is 0 Å². The zero-order valence-corrected chi connectivity index (χ0v) is 16.8. The van der Waals surface area contributed by atoms with Crippen LogP contribution in [-0.2, 0) is 7.05 Å². The molecule has 2 aromatic carbocycles. The molecule has 0 saturated carbocycles. The fourth-order valence-corrected chi connectivity index (χ4v) is 3.60. The summed E-state index contributed by atoms with van der Waals surface area (Å²) in [6.45, 7) is 3.90. The van der Waals surface area contributed by atoms with Crippen molar-refractivity contribution < 1.29 is 4.39 Å². The number of rotatable bonds is 6. The average Bonchev–Trinajstić information content (AvgIpc) is 2.64. The third-order valence-electron chi connectivity index (χ3n) is 4.14. The maximum absolute atomic E-state index is 14.1. The van der Waals surface area contributed by atoms with Gasteiger partial charge in [-0.2, -0.15) is 0 Å². The number of anilines is 3. The minimum absolute atomic E-state index is 0.134. The predicted molar refractivity (Wildman–Crippen MR) is 113 cm³/mol. The molecule has 0 bridgehead atoms. The van der Waals surface area contributed by atoms with E-state index in [-0.39, 0.29) is 5.56 Å². The molecule has 0 fully saturated rings. The van der Waals surface area contributed by atoms with Crippen LogP contribution in [-0.4, -0.2) is 15.3 Å². The third-order valence-corrected chi connectivity index (χ3v) is 5.53. The standard InChI is InChI=1S/C19H20ClFN4OS/c1-4-7-27-24-16-9-12(21)8-15(18(16)20)23-13-5-6-14-17(11(13)2)19(26)25(3)10-22-14/h5-6,8-10,23-24H,4,7H2,1-3H3. The largest absolute Gasteiger partial charge is 0.354 e. The van der Waals surface area contributed by atoms with Crippen LogP contribution in [0.1, 0.15) is 18.9 Å². The predicted octanol–water partition coefficient (Wildman–Crippen LogP) is 5.25. The topological polar surface area (TPSA) is 59.0 Å². The van der Waals surface area contributed by atoms with Crippen molar-refractivity contribution in [2.45, 2.75) is 20.3 Å². The Morgan fingerprint density at radius 3 is 2.74 bits per heavy atom. The molecule has 0 radical (unpaired) electrons. The second-order valence-corrected chi connectivity index (χ2v) is 7.46. The first kappa shape index (κ1) is 19.5. The van der Waals surface area contributed by atoms with Gasteiger partial charge in [0.15, 0.2) is 0 Å². The normalized spacial score (nSPS) is 11.0. The summed E-state index contributed by atoms with van der Waals surface area (Å²) < 4.78 is 18.6. The first-order valence-electron chi connectivity index (χ1n) is 8.51. The second kappa shape index (κ2) is 8.19. The lowest BCUT2D eigenvalue weighted by Crippen LogP contribution is -2.18. The molecule has 0 aliphatic carbocycles. The van der Waals surface area contributed by atoms with Crippen molar-refractivity contribution in [3.63, 3.8) is 0 Å². The van der Waals surface area contributed by atoms with Crippen molar-refractivity contribution in [2.75, 3.05) is 15.8 Å². The average molecular weight is 407 g/mol. The molecule has 0 unspecified atom stereocenters. The van der Waals surface area contributed by atoms with Gasteiger partial charge < -0.3 is 14.6 Å². The molecule has 0 aliphatic rings. The number of benzene rings is 2. The zero-order chi connectivity index (χ0) is 19.6. The van der Waals surface area contributed by atoms with Crippen molar-refractivity contribution in [2.24, 2.45) is 7.05 Å². The van der Waals surface area contributed by atoms with E-state index in [1.165, 1.54) is 35.0 Å². The molecule has 1 aromatic heterocycles. The lowest BCUT2D eigenvalue weighted by Gasteiger charge is -2.16. The van der Waals surface area contributed by atoms with Gasteiger partial charge in [0.25, 0.3) is 5.56 Å². The smallest absolute Gasteiger partial charge is 0.261 e. The molecule has 0 saturated heterocycles. The Bertz CT molecular complexity index is 1050. The number of aryl methyl sites for hydroxylation is 2. The fraction of sp³-hybridized carbons (Fsp3) is 0.263. The summed E-state index contributed by atoms with van der Waals surface area (Å²) in [5.74, 6) is 0.480. The quantitative estimate of drug-likeness (QED) is 0.432. The van der Waals surface area contributed by atoms with Crippen LogP contribution in [0, 0.1) is 12.7 Å². The number of halogens is 2. The Kier molecular flexibility index (Phi) is 5.92. The molecular weight excluding hydrogens is 387 g/mol. The molecule has 3 rings (SSSR count). The van der Waals surface area contributed by atoms with Gasteiger partial charge in [0.05, 0.1) is 33.6 Å². The summed E-state index contributed by atoms with van der Waals surface area (Å²) in [6.07, 6.45) is 2.49. The molecule has 27 heavy (non-hydrogen) atoms. The van der Waals surface area contributed by atoms with Gasteiger partial charge in [0.2, 0.25) is 0 Å². The van der Waals surface area contributed by atoms with Gasteiger partial charge in [-0.25, -0.2) is 9.37 Å². The third kappa shape index (κ3) is 4.04. The Balaban J connectivity index is 2.01. The molecular formula is C19H20ClFN4OS. The summed E-state index contributed by atoms with van der Waals surface area (Å²) in [5.41, 5.74) is 2.83. The van der Waals surface area contributed by atoms with Gasteiger partial charge in [-0.15, -0.1) is 0 Å². The van der Waals surface area contributed by atoms with E-state index in [9.17, 15) is 9.18 Å². The number of hydrogen-bond acceptors (Lipinski definition) is 5. The summed E-state index contributed by atoms with van der Waals surface area (Å²) in [5, 5.41) is 4.06. The van der Waals surface area contributed by atoms with Crippen molar-refractivity contribution in [1.82, 2.24) is 9.55 Å². The number of fused-ring (bicyclic) bond motifs is 1. The number of aromatic nitrogens is 2. The first-order valence-corrected chi connectivity index (χ1v) is 9.87. The van der Waals surface area contributed by atoms with Crippen LogP contribution < -0.4 is 15.6 Å². The Hall–Kier alpha value is -2.25. The first-order chi connectivity index (χ1) is 12.9. The number of hydrogen-bond donors (Lipinski definition) is 2. The van der Waals surface area contributed by atoms with Gasteiger partial charge in [-0.1, -0.05) is 30.5 Å². The SMILES string of the molecule is CCCSNc1cc(F)cc(Nc2ccc3ncn(C)c(=O)c3c2C)c1Cl. The van der Waals surface area contributed by atoms with Gasteiger partial charge >= 0.3 is 0 Å². The molecule has 1 heterocycles. The molecule has 0 amide bonds. The van der Waals surface area contributed by atoms with Gasteiger partial charge in [0, 0.05) is 18.5 Å². The minimum Gasteiger partial charge on any atom is -0.354 e. The maximum Gasteiger partial charge on any atom is 0.261 e. The van der Waals surface area contributed by atoms with E-state index < -0.39 is 5.82 Å². The maximum atomic E-state index is 14.1. The summed E-state index contributed by atoms with van der Waals surface area (Å²) in [6, 6.07) is 6.27. The highest BCUT2D eigenvalue weighted by molar-refractivity contribution is 8.00. The van der Waals surface area contributed by atoms with Gasteiger partial charge in [0.1, 0.15) is 5.82 Å². The monoisotopic (exact) mass is 406 g/mol. The van der Waals surface area contributed by atoms with Crippen molar-refractivity contribution in [1.29, 1.82) is 0 Å². The molecule has 8 heteroatoms. The van der Waals surface area contributed by atoms with E-state index in [1.807, 2.05) is 13.0 Å². The van der Waals surface area contributed by atoms with Crippen LogP contribution >= 0.6 is 23.5 Å². The van der Waals surface area contributed by atoms with E-state index in [2.05, 4.69) is 21.9 Å². The summed E-state index contributed by atoms with van der Waals surface area (Å²) in [7, 11) is 1.66. The zero-order valence-electron chi connectivity index (χ0n) is 15.3. The molecule has 142 valence electrons. The van der Waals surface area contributed by atoms with Crippen molar-refractivity contribution in [3.8, 4) is 0 Å². The molecule has 2 N–H and O–H groups in total. The molecule has 3 aromatic rings. The van der Waals surface area contributed by atoms with E-state index in [0.29, 0.717) is 33.0 Å². The molecule has 0 atom stereocenters. The van der Waals surface area contributed by atoms with Crippen molar-refractivity contribution >= 4 is 51.5 Å². The Labute approximate surface area is 166 Å². The minimum atomic E-state index is -0.405. The highest BCUT2D eigenvalue weighted by Crippen LogP contribution is 2.36. The fourth-order valence-electron chi connectivity index (χ4n) is 2.72. The highest BCUT2D eigenvalue weighted by atomic mass is 35.5. The van der Waals surface area contributed by atoms with Crippen LogP contribution in [0.25, 0.3) is 10.9 Å². The Morgan fingerprint density at radius 1 is 1.26 bits per heavy atom. The second-order valence-electron chi connectivity index (χ2n) is 6.18. The van der Waals surface area contributed by atoms with E-state index >= 15 is 0 Å². The lowest BCUT2D eigenvalue weighted by atomic mass is 10.1. The number of nitrogens with one attached hydrogen (secondary N) is 2. The summed E-state index contributed by atoms with van der Waals surface area (Å²) in [4.78, 5) is 16.7. The Morgan fingerprint density at radius 2 is 2.00 bits per heavy atom. The lowest BCUT2D eigenvalue weighted by molar-refractivity contribution is 0.629. The van der Waals surface area contributed by atoms with Crippen LogP contribution in [0.4, 0.5) is 21.5 Å². The number of nitrogens with zero attached hydrogens (tertiary/aromatic N) is 2. The van der Waals surface area contributed by atoms with Crippen LogP contribution in [0.2, 0.25) is 5.02 Å². The molecule has 0 aliphatic heterocycles. The van der Waals surface area contributed by atoms with E-state index in [0.717, 1.165) is 17.7 Å². The van der Waals surface area contributed by atoms with Crippen LogP contribution in [0.3, 0.4) is 0 Å². The van der Waals surface area contributed by atoms with E-state index in [4.69, 9.17) is 11.6 Å². The van der Waals surface area contributed by atoms with Crippen molar-refractivity contribution in [3.05, 3.63) is 57.3 Å². The highest BCUT2D eigenvalue weighted by Gasteiger charge is 2.13.